The van der Waals surface area contributed by atoms with E-state index in [1.54, 1.807) is 6.07 Å². The molecular weight excluding hydrogens is 354 g/mol. The van der Waals surface area contributed by atoms with Gasteiger partial charge in [-0.05, 0) is 46.3 Å². The maximum atomic E-state index is 11.2. The average Bonchev–Trinajstić information content (AvgIpc) is 2.33. The Hall–Kier alpha value is -1.08. The molecule has 0 amide bonds. The number of rotatable bonds is 3. The second-order valence-electron chi connectivity index (χ2n) is 3.67. The Morgan fingerprint density at radius 1 is 1.11 bits per heavy atom. The van der Waals surface area contributed by atoms with Gasteiger partial charge in [-0.15, -0.1) is 0 Å². The first-order valence-electron chi connectivity index (χ1n) is 5.12. The van der Waals surface area contributed by atoms with Gasteiger partial charge in [-0.2, -0.15) is 0 Å². The molecule has 0 aliphatic carbocycles. The number of primary sulfonamides is 1. The van der Waals surface area contributed by atoms with E-state index in [0.717, 1.165) is 4.47 Å². The normalized spacial score (nSPS) is 11.3. The molecule has 0 aromatic heterocycles. The van der Waals surface area contributed by atoms with E-state index < -0.39 is 10.0 Å². The van der Waals surface area contributed by atoms with Gasteiger partial charge in [-0.1, -0.05) is 23.7 Å². The van der Waals surface area contributed by atoms with E-state index in [0.29, 0.717) is 11.5 Å². The molecule has 4 nitrogen and oxygen atoms in total. The molecule has 0 aliphatic rings. The molecule has 2 aromatic rings. The van der Waals surface area contributed by atoms with E-state index in [1.807, 2.05) is 18.2 Å². The first-order valence-corrected chi connectivity index (χ1v) is 7.84. The van der Waals surface area contributed by atoms with Crippen LogP contribution >= 0.6 is 27.5 Å². The van der Waals surface area contributed by atoms with Crippen molar-refractivity contribution >= 4 is 37.6 Å². The highest BCUT2D eigenvalue weighted by molar-refractivity contribution is 9.10. The number of hydrogen-bond acceptors (Lipinski definition) is 3. The molecule has 0 aliphatic heterocycles. The molecule has 7 heteroatoms. The van der Waals surface area contributed by atoms with Crippen LogP contribution in [-0.4, -0.2) is 8.42 Å². The molecule has 0 saturated carbocycles. The molecule has 0 spiro atoms. The van der Waals surface area contributed by atoms with E-state index in [2.05, 4.69) is 15.9 Å². The summed E-state index contributed by atoms with van der Waals surface area (Å²) >= 11 is 9.32. The van der Waals surface area contributed by atoms with Crippen LogP contribution in [0.25, 0.3) is 0 Å². The quantitative estimate of drug-likeness (QED) is 0.908. The molecule has 0 saturated heterocycles. The van der Waals surface area contributed by atoms with Crippen molar-refractivity contribution in [3.63, 3.8) is 0 Å². The maximum absolute atomic E-state index is 11.2. The van der Waals surface area contributed by atoms with Gasteiger partial charge in [0.15, 0.2) is 0 Å². The fourth-order valence-corrected chi connectivity index (χ4v) is 2.58. The Bertz CT molecular complexity index is 719. The van der Waals surface area contributed by atoms with Gasteiger partial charge in [0.05, 0.1) is 14.4 Å². The summed E-state index contributed by atoms with van der Waals surface area (Å²) in [6.45, 7) is 0. The fraction of sp³-hybridized carbons (Fsp3) is 0. The lowest BCUT2D eigenvalue weighted by atomic mass is 10.3. The number of halogens is 2. The van der Waals surface area contributed by atoms with Crippen molar-refractivity contribution in [3.8, 4) is 11.5 Å². The van der Waals surface area contributed by atoms with Crippen molar-refractivity contribution < 1.29 is 13.2 Å². The van der Waals surface area contributed by atoms with Crippen molar-refractivity contribution in [2.75, 3.05) is 0 Å². The fourth-order valence-electron chi connectivity index (χ4n) is 1.39. The number of para-hydroxylation sites is 1. The summed E-state index contributed by atoms with van der Waals surface area (Å²) < 4.78 is 28.7. The van der Waals surface area contributed by atoms with Crippen molar-refractivity contribution in [2.24, 2.45) is 5.14 Å². The van der Waals surface area contributed by atoms with Crippen molar-refractivity contribution in [2.45, 2.75) is 4.90 Å². The zero-order chi connectivity index (χ0) is 14.0. The van der Waals surface area contributed by atoms with E-state index in [1.165, 1.54) is 18.2 Å². The molecule has 0 atom stereocenters. The number of hydrogen-bond donors (Lipinski definition) is 1. The molecule has 0 heterocycles. The minimum atomic E-state index is -3.77. The monoisotopic (exact) mass is 361 g/mol. The molecule has 100 valence electrons. The summed E-state index contributed by atoms with van der Waals surface area (Å²) in [4.78, 5) is -0.0584. The number of benzene rings is 2. The van der Waals surface area contributed by atoms with E-state index in [-0.39, 0.29) is 9.92 Å². The second kappa shape index (κ2) is 5.50. The Kier molecular flexibility index (Phi) is 4.15. The van der Waals surface area contributed by atoms with Gasteiger partial charge in [0.2, 0.25) is 10.0 Å². The predicted octanol–water partition coefficient (Wildman–Crippen LogP) is 3.54. The van der Waals surface area contributed by atoms with Gasteiger partial charge in [0.25, 0.3) is 0 Å². The highest BCUT2D eigenvalue weighted by atomic mass is 79.9. The van der Waals surface area contributed by atoms with Crippen LogP contribution in [-0.2, 0) is 10.0 Å². The SMILES string of the molecule is NS(=O)(=O)c1ccc(Oc2ccccc2Br)c(Cl)c1. The van der Waals surface area contributed by atoms with Crippen LogP contribution in [0, 0.1) is 0 Å². The van der Waals surface area contributed by atoms with Gasteiger partial charge >= 0.3 is 0 Å². The van der Waals surface area contributed by atoms with Gasteiger partial charge in [-0.3, -0.25) is 0 Å². The second-order valence-corrected chi connectivity index (χ2v) is 6.49. The van der Waals surface area contributed by atoms with E-state index in [4.69, 9.17) is 21.5 Å². The molecule has 2 N–H and O–H groups in total. The summed E-state index contributed by atoms with van der Waals surface area (Å²) in [6.07, 6.45) is 0. The molecule has 19 heavy (non-hydrogen) atoms. The molecule has 0 radical (unpaired) electrons. The Morgan fingerprint density at radius 3 is 2.37 bits per heavy atom. The number of ether oxygens (including phenoxy) is 1. The zero-order valence-corrected chi connectivity index (χ0v) is 12.7. The number of nitrogens with two attached hydrogens (primary N) is 1. The Morgan fingerprint density at radius 2 is 1.79 bits per heavy atom. The average molecular weight is 363 g/mol. The smallest absolute Gasteiger partial charge is 0.238 e. The van der Waals surface area contributed by atoms with E-state index >= 15 is 0 Å². The predicted molar refractivity (Wildman–Crippen MR) is 77.0 cm³/mol. The lowest BCUT2D eigenvalue weighted by Crippen LogP contribution is -2.11. The standard InChI is InChI=1S/C12H9BrClNO3S/c13-9-3-1-2-4-11(9)18-12-6-5-8(7-10(12)14)19(15,16)17/h1-7H,(H2,15,16,17). The first kappa shape index (κ1) is 14.3. The maximum Gasteiger partial charge on any atom is 0.238 e. The lowest BCUT2D eigenvalue weighted by molar-refractivity contribution is 0.479. The topological polar surface area (TPSA) is 69.4 Å². The van der Waals surface area contributed by atoms with Crippen molar-refractivity contribution in [1.29, 1.82) is 0 Å². The third-order valence-electron chi connectivity index (χ3n) is 2.29. The minimum Gasteiger partial charge on any atom is -0.455 e. The first-order chi connectivity index (χ1) is 8.88. The lowest BCUT2D eigenvalue weighted by Gasteiger charge is -2.09. The largest absolute Gasteiger partial charge is 0.455 e. The molecule has 0 bridgehead atoms. The summed E-state index contributed by atoms with van der Waals surface area (Å²) in [5, 5.41) is 5.19. The van der Waals surface area contributed by atoms with Crippen molar-refractivity contribution in [3.05, 3.63) is 52.0 Å². The van der Waals surface area contributed by atoms with Crippen LogP contribution in [0.4, 0.5) is 0 Å². The summed E-state index contributed by atoms with van der Waals surface area (Å²) in [5.41, 5.74) is 0. The van der Waals surface area contributed by atoms with Crippen LogP contribution in [0.3, 0.4) is 0 Å². The Balaban J connectivity index is 2.36. The third-order valence-corrected chi connectivity index (χ3v) is 4.15. The Labute approximate surface area is 124 Å². The van der Waals surface area contributed by atoms with Gasteiger partial charge in [0, 0.05) is 0 Å². The third kappa shape index (κ3) is 3.48. The van der Waals surface area contributed by atoms with Crippen LogP contribution in [0.1, 0.15) is 0 Å². The van der Waals surface area contributed by atoms with Crippen LogP contribution in [0.5, 0.6) is 11.5 Å². The molecular formula is C12H9BrClNO3S. The minimum absolute atomic E-state index is 0.0584. The molecule has 2 rings (SSSR count). The van der Waals surface area contributed by atoms with E-state index in [9.17, 15) is 8.42 Å². The number of sulfonamides is 1. The van der Waals surface area contributed by atoms with Crippen molar-refractivity contribution in [1.82, 2.24) is 0 Å². The molecule has 2 aromatic carbocycles. The highest BCUT2D eigenvalue weighted by Crippen LogP contribution is 2.34. The van der Waals surface area contributed by atoms with Crippen LogP contribution in [0.2, 0.25) is 5.02 Å². The summed E-state index contributed by atoms with van der Waals surface area (Å²) in [6, 6.07) is 11.3. The molecule has 0 fully saturated rings. The summed E-state index contributed by atoms with van der Waals surface area (Å²) in [5.74, 6) is 0.925. The molecule has 0 unspecified atom stereocenters. The van der Waals surface area contributed by atoms with Gasteiger partial charge in [0.1, 0.15) is 11.5 Å². The summed E-state index contributed by atoms with van der Waals surface area (Å²) in [7, 11) is -3.77. The van der Waals surface area contributed by atoms with Gasteiger partial charge in [-0.25, -0.2) is 13.6 Å². The van der Waals surface area contributed by atoms with Crippen LogP contribution < -0.4 is 9.88 Å². The van der Waals surface area contributed by atoms with Gasteiger partial charge < -0.3 is 4.74 Å². The highest BCUT2D eigenvalue weighted by Gasteiger charge is 2.12. The van der Waals surface area contributed by atoms with Crippen LogP contribution in [0.15, 0.2) is 51.8 Å². The zero-order valence-electron chi connectivity index (χ0n) is 9.51.